The number of hydrogen-bond donors (Lipinski definition) is 1. The predicted molar refractivity (Wildman–Crippen MR) is 77.7 cm³/mol. The van der Waals surface area contributed by atoms with Gasteiger partial charge in [0.1, 0.15) is 3.14 Å². The van der Waals surface area contributed by atoms with Gasteiger partial charge in [-0.1, -0.05) is 42.5 Å². The number of benzene rings is 1. The highest BCUT2D eigenvalue weighted by atomic mass is 32.2. The van der Waals surface area contributed by atoms with Gasteiger partial charge in [0, 0.05) is 22.8 Å². The summed E-state index contributed by atoms with van der Waals surface area (Å²) in [5.74, 6) is 0. The van der Waals surface area contributed by atoms with E-state index >= 15 is 0 Å². The van der Waals surface area contributed by atoms with E-state index in [9.17, 15) is 0 Å². The van der Waals surface area contributed by atoms with Crippen molar-refractivity contribution in [3.8, 4) is 0 Å². The highest BCUT2D eigenvalue weighted by Gasteiger charge is 2.07. The molecule has 0 radical (unpaired) electrons. The van der Waals surface area contributed by atoms with Gasteiger partial charge in [0.05, 0.1) is 0 Å². The number of hydrogen-bond acceptors (Lipinski definition) is 4. The van der Waals surface area contributed by atoms with E-state index in [-0.39, 0.29) is 6.61 Å². The molecule has 1 heterocycles. The summed E-state index contributed by atoms with van der Waals surface area (Å²) >= 11 is 8.67. The molecule has 0 bridgehead atoms. The average Bonchev–Trinajstić information content (AvgIpc) is 2.68. The largest absolute Gasteiger partial charge is 0.396 e. The van der Waals surface area contributed by atoms with E-state index < -0.39 is 0 Å². The summed E-state index contributed by atoms with van der Waals surface area (Å²) in [6, 6.07) is 10.4. The molecular formula is C13H14OS3. The maximum atomic E-state index is 8.90. The average molecular weight is 282 g/mol. The molecule has 0 aliphatic carbocycles. The Hall–Kier alpha value is -0.550. The van der Waals surface area contributed by atoms with Crippen LogP contribution >= 0.6 is 34.9 Å². The van der Waals surface area contributed by atoms with Crippen LogP contribution in [0.3, 0.4) is 0 Å². The Labute approximate surface area is 114 Å². The Kier molecular flexibility index (Phi) is 4.86. The molecule has 0 aliphatic rings. The topological polar surface area (TPSA) is 20.2 Å². The molecule has 0 unspecified atom stereocenters. The molecule has 90 valence electrons. The van der Waals surface area contributed by atoms with Crippen LogP contribution in [0.2, 0.25) is 0 Å². The minimum atomic E-state index is 0.250. The first kappa shape index (κ1) is 12.9. The van der Waals surface area contributed by atoms with E-state index in [1.165, 1.54) is 15.3 Å². The molecule has 0 aliphatic heterocycles. The van der Waals surface area contributed by atoms with Gasteiger partial charge in [-0.15, -0.1) is 22.7 Å². The van der Waals surface area contributed by atoms with Crippen molar-refractivity contribution in [1.29, 1.82) is 0 Å². The summed E-state index contributed by atoms with van der Waals surface area (Å²) < 4.78 is 0.990. The molecule has 2 aromatic rings. The molecule has 0 saturated carbocycles. The van der Waals surface area contributed by atoms with E-state index in [0.717, 1.165) is 22.4 Å². The van der Waals surface area contributed by atoms with Crippen LogP contribution in [0, 0.1) is 3.14 Å². The van der Waals surface area contributed by atoms with Crippen molar-refractivity contribution in [3.05, 3.63) is 48.8 Å². The Morgan fingerprint density at radius 1 is 1.06 bits per heavy atom. The molecule has 4 heteroatoms. The van der Waals surface area contributed by atoms with Crippen LogP contribution in [0.5, 0.6) is 0 Å². The molecule has 1 aromatic heterocycles. The van der Waals surface area contributed by atoms with Crippen LogP contribution in [0.1, 0.15) is 21.7 Å². The smallest absolute Gasteiger partial charge is 0.144 e. The molecule has 17 heavy (non-hydrogen) atoms. The molecule has 0 fully saturated rings. The van der Waals surface area contributed by atoms with E-state index in [1.807, 2.05) is 6.07 Å². The second-order valence-electron chi connectivity index (χ2n) is 3.79. The van der Waals surface area contributed by atoms with Crippen molar-refractivity contribution in [3.63, 3.8) is 0 Å². The lowest BCUT2D eigenvalue weighted by Gasteiger charge is -2.02. The van der Waals surface area contributed by atoms with Crippen LogP contribution in [0.25, 0.3) is 0 Å². The fourth-order valence-electron chi connectivity index (χ4n) is 1.68. The first-order valence-corrected chi connectivity index (χ1v) is 7.60. The number of rotatable bonds is 5. The van der Waals surface area contributed by atoms with Gasteiger partial charge >= 0.3 is 0 Å². The summed E-state index contributed by atoms with van der Waals surface area (Å²) in [4.78, 5) is 2.71. The van der Waals surface area contributed by atoms with Crippen LogP contribution in [-0.2, 0) is 12.8 Å². The zero-order valence-corrected chi connectivity index (χ0v) is 11.8. The van der Waals surface area contributed by atoms with Crippen LogP contribution in [0.15, 0.2) is 30.3 Å². The van der Waals surface area contributed by atoms with Gasteiger partial charge in [-0.05, 0) is 18.4 Å². The fraction of sp³-hybridized carbons (Fsp3) is 0.308. The van der Waals surface area contributed by atoms with E-state index in [2.05, 4.69) is 24.3 Å². The third-order valence-electron chi connectivity index (χ3n) is 2.49. The molecule has 0 amide bonds. The van der Waals surface area contributed by atoms with Gasteiger partial charge in [-0.3, -0.25) is 0 Å². The zero-order chi connectivity index (χ0) is 12.1. The summed E-state index contributed by atoms with van der Waals surface area (Å²) in [5.41, 5.74) is 1.32. The van der Waals surface area contributed by atoms with Gasteiger partial charge in [-0.2, -0.15) is 0 Å². The molecule has 0 spiro atoms. The summed E-state index contributed by atoms with van der Waals surface area (Å²) in [6.07, 6.45) is 2.72. The maximum absolute atomic E-state index is 8.90. The van der Waals surface area contributed by atoms with Crippen LogP contribution < -0.4 is 0 Å². The highest BCUT2D eigenvalue weighted by Crippen LogP contribution is 2.28. The van der Waals surface area contributed by atoms with Crippen molar-refractivity contribution in [2.45, 2.75) is 19.3 Å². The molecule has 0 saturated heterocycles. The minimum Gasteiger partial charge on any atom is -0.396 e. The third-order valence-corrected chi connectivity index (χ3v) is 5.29. The van der Waals surface area contributed by atoms with Gasteiger partial charge in [0.25, 0.3) is 0 Å². The van der Waals surface area contributed by atoms with E-state index in [4.69, 9.17) is 17.3 Å². The molecule has 1 N–H and O–H groups in total. The van der Waals surface area contributed by atoms with Crippen molar-refractivity contribution in [1.82, 2.24) is 0 Å². The van der Waals surface area contributed by atoms with Crippen molar-refractivity contribution in [2.75, 3.05) is 6.61 Å². The molecule has 1 aromatic carbocycles. The van der Waals surface area contributed by atoms with Crippen molar-refractivity contribution >= 4 is 34.9 Å². The quantitative estimate of drug-likeness (QED) is 0.835. The van der Waals surface area contributed by atoms with Gasteiger partial charge in [-0.25, -0.2) is 0 Å². The Balaban J connectivity index is 2.17. The summed E-state index contributed by atoms with van der Waals surface area (Å²) in [6.45, 7) is 0.250. The molecule has 0 atom stereocenters. The van der Waals surface area contributed by atoms with Crippen molar-refractivity contribution in [2.24, 2.45) is 0 Å². The van der Waals surface area contributed by atoms with E-state index in [1.54, 1.807) is 22.7 Å². The predicted octanol–water partition coefficient (Wildman–Crippen LogP) is 4.05. The fourth-order valence-corrected chi connectivity index (χ4v) is 4.60. The number of aliphatic hydroxyl groups excluding tert-OH is 1. The molecule has 2 rings (SSSR count). The minimum absolute atomic E-state index is 0.250. The zero-order valence-electron chi connectivity index (χ0n) is 9.39. The van der Waals surface area contributed by atoms with Gasteiger partial charge in [0.15, 0.2) is 0 Å². The van der Waals surface area contributed by atoms with Gasteiger partial charge in [0.2, 0.25) is 0 Å². The lowest BCUT2D eigenvalue weighted by molar-refractivity contribution is 0.289. The maximum Gasteiger partial charge on any atom is 0.144 e. The lowest BCUT2D eigenvalue weighted by atomic mass is 10.1. The van der Waals surface area contributed by atoms with E-state index in [0.29, 0.717) is 0 Å². The summed E-state index contributed by atoms with van der Waals surface area (Å²) in [5, 5.41) is 8.90. The lowest BCUT2D eigenvalue weighted by Crippen LogP contribution is -1.92. The standard InChI is InChI=1S/C13H14OS3/c14-8-4-7-11-12(17-13(15)16-11)9-10-5-2-1-3-6-10/h1-3,5-6,14H,4,7-9H2. The first-order valence-electron chi connectivity index (χ1n) is 5.56. The molecular weight excluding hydrogens is 268 g/mol. The molecule has 1 nitrogen and oxygen atoms in total. The Morgan fingerprint density at radius 2 is 1.76 bits per heavy atom. The number of aryl methyl sites for hydroxylation is 1. The Bertz CT molecular complexity index is 513. The number of aliphatic hydroxyl groups is 1. The monoisotopic (exact) mass is 282 g/mol. The Morgan fingerprint density at radius 3 is 2.47 bits per heavy atom. The highest BCUT2D eigenvalue weighted by molar-refractivity contribution is 7.76. The van der Waals surface area contributed by atoms with Crippen LogP contribution in [0.4, 0.5) is 0 Å². The second kappa shape index (κ2) is 6.40. The van der Waals surface area contributed by atoms with Crippen LogP contribution in [-0.4, -0.2) is 11.7 Å². The SMILES string of the molecule is OCCCc1sc(=S)sc1Cc1ccccc1. The first-order chi connectivity index (χ1) is 8.29. The summed E-state index contributed by atoms with van der Waals surface area (Å²) in [7, 11) is 0. The van der Waals surface area contributed by atoms with Gasteiger partial charge < -0.3 is 5.11 Å². The second-order valence-corrected chi connectivity index (χ2v) is 7.18. The van der Waals surface area contributed by atoms with Crippen molar-refractivity contribution < 1.29 is 5.11 Å². The normalized spacial score (nSPS) is 10.6. The third kappa shape index (κ3) is 3.71.